The Labute approximate surface area is 110 Å². The summed E-state index contributed by atoms with van der Waals surface area (Å²) >= 11 is 0. The zero-order valence-electron chi connectivity index (χ0n) is 11.7. The summed E-state index contributed by atoms with van der Waals surface area (Å²) in [5.41, 5.74) is 1.70. The Kier molecular flexibility index (Phi) is 5.20. The summed E-state index contributed by atoms with van der Waals surface area (Å²) in [6.07, 6.45) is 0.783. The molecule has 0 radical (unpaired) electrons. The fraction of sp³-hybridized carbons (Fsp3) is 0.533. The first-order valence-corrected chi connectivity index (χ1v) is 6.49. The van der Waals surface area contributed by atoms with Crippen molar-refractivity contribution in [1.82, 2.24) is 0 Å². The van der Waals surface area contributed by atoms with Crippen LogP contribution in [0.3, 0.4) is 0 Å². The van der Waals surface area contributed by atoms with Gasteiger partial charge in [0.2, 0.25) is 0 Å². The molecule has 0 amide bonds. The molecule has 1 aromatic carbocycles. The number of ether oxygens (including phenoxy) is 1. The maximum atomic E-state index is 11.8. The van der Waals surface area contributed by atoms with Gasteiger partial charge >= 0.3 is 5.97 Å². The second-order valence-electron chi connectivity index (χ2n) is 5.04. The van der Waals surface area contributed by atoms with Crippen LogP contribution in [0.15, 0.2) is 24.3 Å². The van der Waals surface area contributed by atoms with Gasteiger partial charge in [0.25, 0.3) is 0 Å². The van der Waals surface area contributed by atoms with E-state index in [0.717, 1.165) is 24.2 Å². The van der Waals surface area contributed by atoms with Crippen molar-refractivity contribution in [2.24, 2.45) is 5.41 Å². The van der Waals surface area contributed by atoms with Gasteiger partial charge < -0.3 is 10.1 Å². The standard InChI is InChI=1S/C15H23NO2/c1-5-15(3,4)14(17)18-11-12-7-9-13(10-8-12)16-6-2/h7-10,16H,5-6,11H2,1-4H3. The maximum absolute atomic E-state index is 11.8. The Morgan fingerprint density at radius 1 is 1.22 bits per heavy atom. The molecule has 1 N–H and O–H groups in total. The molecule has 0 aliphatic heterocycles. The van der Waals surface area contributed by atoms with Crippen LogP contribution < -0.4 is 5.32 Å². The van der Waals surface area contributed by atoms with E-state index in [-0.39, 0.29) is 5.97 Å². The molecule has 18 heavy (non-hydrogen) atoms. The summed E-state index contributed by atoms with van der Waals surface area (Å²) in [7, 11) is 0. The fourth-order valence-electron chi connectivity index (χ4n) is 1.41. The van der Waals surface area contributed by atoms with Crippen LogP contribution in [-0.4, -0.2) is 12.5 Å². The van der Waals surface area contributed by atoms with Crippen LogP contribution in [-0.2, 0) is 16.1 Å². The number of carbonyl (C=O) groups is 1. The van der Waals surface area contributed by atoms with Gasteiger partial charge in [-0.25, -0.2) is 0 Å². The number of esters is 1. The van der Waals surface area contributed by atoms with Crippen molar-refractivity contribution in [2.45, 2.75) is 40.7 Å². The Bertz CT molecular complexity index is 382. The lowest BCUT2D eigenvalue weighted by atomic mass is 9.91. The number of rotatable bonds is 6. The van der Waals surface area contributed by atoms with E-state index in [4.69, 9.17) is 4.74 Å². The molecule has 0 aromatic heterocycles. The summed E-state index contributed by atoms with van der Waals surface area (Å²) in [4.78, 5) is 11.8. The average Bonchev–Trinajstić information content (AvgIpc) is 2.38. The summed E-state index contributed by atoms with van der Waals surface area (Å²) < 4.78 is 5.32. The molecule has 0 unspecified atom stereocenters. The second kappa shape index (κ2) is 6.43. The lowest BCUT2D eigenvalue weighted by molar-refractivity contribution is -0.155. The van der Waals surface area contributed by atoms with Gasteiger partial charge in [-0.05, 0) is 44.9 Å². The minimum absolute atomic E-state index is 0.138. The number of carbonyl (C=O) groups excluding carboxylic acids is 1. The van der Waals surface area contributed by atoms with E-state index in [9.17, 15) is 4.79 Å². The van der Waals surface area contributed by atoms with E-state index in [1.807, 2.05) is 45.0 Å². The Morgan fingerprint density at radius 3 is 2.33 bits per heavy atom. The van der Waals surface area contributed by atoms with Crippen LogP contribution in [0.2, 0.25) is 0 Å². The normalized spacial score (nSPS) is 11.1. The summed E-state index contributed by atoms with van der Waals surface area (Å²) in [5.74, 6) is -0.138. The largest absolute Gasteiger partial charge is 0.460 e. The molecular formula is C15H23NO2. The smallest absolute Gasteiger partial charge is 0.311 e. The zero-order valence-corrected chi connectivity index (χ0v) is 11.7. The van der Waals surface area contributed by atoms with Crippen molar-refractivity contribution >= 4 is 11.7 Å². The van der Waals surface area contributed by atoms with E-state index in [0.29, 0.717) is 6.61 Å². The monoisotopic (exact) mass is 249 g/mol. The molecule has 0 spiro atoms. The SMILES string of the molecule is CCNc1ccc(COC(=O)C(C)(C)CC)cc1. The first-order valence-electron chi connectivity index (χ1n) is 6.49. The van der Waals surface area contributed by atoms with Gasteiger partial charge in [0, 0.05) is 12.2 Å². The van der Waals surface area contributed by atoms with Crippen LogP contribution >= 0.6 is 0 Å². The number of hydrogen-bond acceptors (Lipinski definition) is 3. The minimum atomic E-state index is -0.399. The van der Waals surface area contributed by atoms with Crippen molar-refractivity contribution in [1.29, 1.82) is 0 Å². The first-order chi connectivity index (χ1) is 8.49. The highest BCUT2D eigenvalue weighted by Crippen LogP contribution is 2.22. The van der Waals surface area contributed by atoms with Crippen molar-refractivity contribution in [3.8, 4) is 0 Å². The van der Waals surface area contributed by atoms with Gasteiger partial charge in [-0.3, -0.25) is 4.79 Å². The van der Waals surface area contributed by atoms with E-state index in [2.05, 4.69) is 12.2 Å². The van der Waals surface area contributed by atoms with Gasteiger partial charge in [0.15, 0.2) is 0 Å². The molecule has 0 saturated carbocycles. The Balaban J connectivity index is 2.51. The molecular weight excluding hydrogens is 226 g/mol. The summed E-state index contributed by atoms with van der Waals surface area (Å²) in [6.45, 7) is 9.11. The fourth-order valence-corrected chi connectivity index (χ4v) is 1.41. The number of anilines is 1. The molecule has 0 aliphatic carbocycles. The van der Waals surface area contributed by atoms with Crippen molar-refractivity contribution in [3.05, 3.63) is 29.8 Å². The molecule has 0 bridgehead atoms. The first kappa shape index (κ1) is 14.6. The van der Waals surface area contributed by atoms with Gasteiger partial charge in [0.05, 0.1) is 5.41 Å². The molecule has 3 nitrogen and oxygen atoms in total. The quantitative estimate of drug-likeness (QED) is 0.783. The van der Waals surface area contributed by atoms with E-state index >= 15 is 0 Å². The molecule has 0 atom stereocenters. The summed E-state index contributed by atoms with van der Waals surface area (Å²) in [5, 5.41) is 3.23. The number of nitrogens with one attached hydrogen (secondary N) is 1. The minimum Gasteiger partial charge on any atom is -0.460 e. The van der Waals surface area contributed by atoms with Crippen LogP contribution in [0, 0.1) is 5.41 Å². The average molecular weight is 249 g/mol. The topological polar surface area (TPSA) is 38.3 Å². The molecule has 0 aliphatic rings. The molecule has 3 heteroatoms. The predicted octanol–water partition coefficient (Wildman–Crippen LogP) is 3.60. The molecule has 0 heterocycles. The van der Waals surface area contributed by atoms with Gasteiger partial charge in [0.1, 0.15) is 6.61 Å². The van der Waals surface area contributed by atoms with Crippen LogP contribution in [0.25, 0.3) is 0 Å². The van der Waals surface area contributed by atoms with Crippen LogP contribution in [0.4, 0.5) is 5.69 Å². The zero-order chi connectivity index (χ0) is 13.6. The molecule has 0 saturated heterocycles. The highest BCUT2D eigenvalue weighted by molar-refractivity contribution is 5.75. The van der Waals surface area contributed by atoms with E-state index < -0.39 is 5.41 Å². The highest BCUT2D eigenvalue weighted by atomic mass is 16.5. The molecule has 100 valence electrons. The van der Waals surface area contributed by atoms with Crippen LogP contribution in [0.5, 0.6) is 0 Å². The third-order valence-corrected chi connectivity index (χ3v) is 3.14. The lowest BCUT2D eigenvalue weighted by Gasteiger charge is -2.20. The molecule has 0 fully saturated rings. The van der Waals surface area contributed by atoms with Crippen molar-refractivity contribution in [2.75, 3.05) is 11.9 Å². The second-order valence-corrected chi connectivity index (χ2v) is 5.04. The number of benzene rings is 1. The van der Waals surface area contributed by atoms with Crippen molar-refractivity contribution < 1.29 is 9.53 Å². The van der Waals surface area contributed by atoms with Crippen LogP contribution in [0.1, 0.15) is 39.7 Å². The highest BCUT2D eigenvalue weighted by Gasteiger charge is 2.26. The Hall–Kier alpha value is -1.51. The maximum Gasteiger partial charge on any atom is 0.311 e. The third kappa shape index (κ3) is 4.06. The third-order valence-electron chi connectivity index (χ3n) is 3.14. The van der Waals surface area contributed by atoms with E-state index in [1.165, 1.54) is 0 Å². The van der Waals surface area contributed by atoms with E-state index in [1.54, 1.807) is 0 Å². The predicted molar refractivity (Wildman–Crippen MR) is 74.5 cm³/mol. The number of hydrogen-bond donors (Lipinski definition) is 1. The summed E-state index contributed by atoms with van der Waals surface area (Å²) in [6, 6.07) is 7.95. The van der Waals surface area contributed by atoms with Crippen molar-refractivity contribution in [3.63, 3.8) is 0 Å². The van der Waals surface area contributed by atoms with Gasteiger partial charge in [-0.1, -0.05) is 19.1 Å². The lowest BCUT2D eigenvalue weighted by Crippen LogP contribution is -2.25. The van der Waals surface area contributed by atoms with Gasteiger partial charge in [-0.2, -0.15) is 0 Å². The Morgan fingerprint density at radius 2 is 1.83 bits per heavy atom. The molecule has 1 aromatic rings. The molecule has 1 rings (SSSR count). The van der Waals surface area contributed by atoms with Gasteiger partial charge in [-0.15, -0.1) is 0 Å².